The molecule has 0 unspecified atom stereocenters. The molecule has 0 spiro atoms. The zero-order chi connectivity index (χ0) is 18.7. The minimum atomic E-state index is -0.372. The van der Waals surface area contributed by atoms with E-state index in [-0.39, 0.29) is 11.3 Å². The summed E-state index contributed by atoms with van der Waals surface area (Å²) >= 11 is 0. The number of carbonyl (C=O) groups excluding carboxylic acids is 1. The molecule has 0 atom stereocenters. The predicted octanol–water partition coefficient (Wildman–Crippen LogP) is 3.98. The first-order valence-electron chi connectivity index (χ1n) is 9.81. The van der Waals surface area contributed by atoms with E-state index in [9.17, 15) is 4.79 Å². The summed E-state index contributed by atoms with van der Waals surface area (Å²) in [6, 6.07) is 16.9. The van der Waals surface area contributed by atoms with E-state index in [0.29, 0.717) is 19.3 Å². The van der Waals surface area contributed by atoms with E-state index >= 15 is 0 Å². The zero-order valence-corrected chi connectivity index (χ0v) is 15.9. The molecule has 27 heavy (non-hydrogen) atoms. The number of hydrogen-bond acceptors (Lipinski definition) is 3. The molecule has 1 heterocycles. The molecule has 0 aromatic heterocycles. The lowest BCUT2D eigenvalue weighted by atomic mass is 9.73. The molecule has 1 amide bonds. The second-order valence-corrected chi connectivity index (χ2v) is 7.70. The Kier molecular flexibility index (Phi) is 5.17. The molecule has 2 aromatic rings. The Balaban J connectivity index is 1.64. The molecular weight excluding hydrogens is 338 g/mol. The Morgan fingerprint density at radius 2 is 1.81 bits per heavy atom. The van der Waals surface area contributed by atoms with Crippen LogP contribution in [0.3, 0.4) is 0 Å². The molecule has 0 radical (unpaired) electrons. The van der Waals surface area contributed by atoms with Gasteiger partial charge in [0.15, 0.2) is 0 Å². The number of ether oxygens (including phenoxy) is 2. The van der Waals surface area contributed by atoms with Gasteiger partial charge in [0.2, 0.25) is 5.91 Å². The summed E-state index contributed by atoms with van der Waals surface area (Å²) in [6.45, 7) is 1.31. The summed E-state index contributed by atoms with van der Waals surface area (Å²) in [6.07, 6.45) is 4.53. The Morgan fingerprint density at radius 3 is 2.48 bits per heavy atom. The third-order valence-corrected chi connectivity index (χ3v) is 5.79. The van der Waals surface area contributed by atoms with Crippen molar-refractivity contribution in [2.45, 2.75) is 38.1 Å². The van der Waals surface area contributed by atoms with Gasteiger partial charge in [0.25, 0.3) is 0 Å². The van der Waals surface area contributed by atoms with Crippen LogP contribution in [0.1, 0.15) is 31.2 Å². The fourth-order valence-electron chi connectivity index (χ4n) is 3.90. The molecule has 2 fully saturated rings. The third-order valence-electron chi connectivity index (χ3n) is 5.79. The van der Waals surface area contributed by atoms with Crippen molar-refractivity contribution < 1.29 is 14.3 Å². The van der Waals surface area contributed by atoms with Gasteiger partial charge >= 0.3 is 0 Å². The Labute approximate surface area is 160 Å². The van der Waals surface area contributed by atoms with Crippen LogP contribution < -0.4 is 10.1 Å². The van der Waals surface area contributed by atoms with Gasteiger partial charge in [-0.05, 0) is 60.9 Å². The van der Waals surface area contributed by atoms with Crippen molar-refractivity contribution in [3.8, 4) is 16.9 Å². The van der Waals surface area contributed by atoms with Gasteiger partial charge in [-0.1, -0.05) is 36.4 Å². The van der Waals surface area contributed by atoms with Gasteiger partial charge in [-0.15, -0.1) is 0 Å². The minimum absolute atomic E-state index is 0.206. The minimum Gasteiger partial charge on any atom is -0.497 e. The first-order valence-corrected chi connectivity index (χ1v) is 9.81. The van der Waals surface area contributed by atoms with Crippen molar-refractivity contribution in [3.63, 3.8) is 0 Å². The maximum Gasteiger partial charge on any atom is 0.226 e. The van der Waals surface area contributed by atoms with Crippen molar-refractivity contribution in [2.24, 2.45) is 5.41 Å². The Hall–Kier alpha value is -2.33. The fraction of sp³-hybridized carbons (Fsp3) is 0.435. The van der Waals surface area contributed by atoms with Gasteiger partial charge in [-0.2, -0.15) is 0 Å². The van der Waals surface area contributed by atoms with Gasteiger partial charge in [0.05, 0.1) is 12.5 Å². The van der Waals surface area contributed by atoms with Crippen LogP contribution in [0.5, 0.6) is 5.75 Å². The molecule has 142 valence electrons. The summed E-state index contributed by atoms with van der Waals surface area (Å²) in [5.41, 5.74) is 3.18. The van der Waals surface area contributed by atoms with Gasteiger partial charge in [0.1, 0.15) is 5.75 Å². The monoisotopic (exact) mass is 365 g/mol. The normalized spacial score (nSPS) is 18.7. The van der Waals surface area contributed by atoms with Gasteiger partial charge in [-0.3, -0.25) is 4.79 Å². The average molecular weight is 365 g/mol. The highest BCUT2D eigenvalue weighted by molar-refractivity contribution is 5.84. The zero-order valence-electron chi connectivity index (χ0n) is 15.9. The molecular formula is C23H27NO3. The van der Waals surface area contributed by atoms with E-state index < -0.39 is 0 Å². The summed E-state index contributed by atoms with van der Waals surface area (Å²) in [5, 5.41) is 3.25. The second kappa shape index (κ2) is 7.73. The molecule has 4 rings (SSSR count). The fourth-order valence-corrected chi connectivity index (χ4v) is 3.90. The van der Waals surface area contributed by atoms with E-state index in [4.69, 9.17) is 9.47 Å². The van der Waals surface area contributed by atoms with Crippen molar-refractivity contribution in [1.82, 2.24) is 5.32 Å². The van der Waals surface area contributed by atoms with Crippen LogP contribution in [-0.2, 0) is 16.0 Å². The largest absolute Gasteiger partial charge is 0.497 e. The van der Waals surface area contributed by atoms with Crippen LogP contribution >= 0.6 is 0 Å². The van der Waals surface area contributed by atoms with Crippen LogP contribution in [0.2, 0.25) is 0 Å². The smallest absolute Gasteiger partial charge is 0.226 e. The second-order valence-electron chi connectivity index (χ2n) is 7.70. The van der Waals surface area contributed by atoms with Crippen molar-refractivity contribution in [1.29, 1.82) is 0 Å². The lowest BCUT2D eigenvalue weighted by Crippen LogP contribution is -2.46. The summed E-state index contributed by atoms with van der Waals surface area (Å²) < 4.78 is 10.9. The van der Waals surface area contributed by atoms with Crippen LogP contribution in [0.4, 0.5) is 0 Å². The highest BCUT2D eigenvalue weighted by Gasteiger charge is 2.42. The maximum atomic E-state index is 13.1. The molecule has 4 heteroatoms. The van der Waals surface area contributed by atoms with E-state index in [2.05, 4.69) is 41.7 Å². The molecule has 1 N–H and O–H groups in total. The molecule has 0 bridgehead atoms. The Morgan fingerprint density at radius 1 is 1.11 bits per heavy atom. The van der Waals surface area contributed by atoms with Gasteiger partial charge in [0, 0.05) is 19.3 Å². The standard InChI is InChI=1S/C23H27NO3/c1-26-20-10-6-17(7-11-20)21-5-3-2-4-18(21)16-23(12-14-27-15-13-23)22(25)24-19-8-9-19/h2-7,10-11,19H,8-9,12-16H2,1H3,(H,24,25). The van der Waals surface area contributed by atoms with E-state index in [1.165, 1.54) is 11.1 Å². The number of carbonyl (C=O) groups is 1. The number of benzene rings is 2. The quantitative estimate of drug-likeness (QED) is 0.842. The Bertz CT molecular complexity index is 790. The van der Waals surface area contributed by atoms with E-state index in [0.717, 1.165) is 43.4 Å². The molecule has 1 saturated heterocycles. The third kappa shape index (κ3) is 4.01. The highest BCUT2D eigenvalue weighted by atomic mass is 16.5. The topological polar surface area (TPSA) is 47.6 Å². The van der Waals surface area contributed by atoms with Crippen molar-refractivity contribution >= 4 is 5.91 Å². The van der Waals surface area contributed by atoms with Crippen LogP contribution in [0, 0.1) is 5.41 Å². The van der Waals surface area contributed by atoms with Gasteiger partial charge in [-0.25, -0.2) is 0 Å². The van der Waals surface area contributed by atoms with Crippen LogP contribution in [0.25, 0.3) is 11.1 Å². The summed E-state index contributed by atoms with van der Waals surface area (Å²) in [4.78, 5) is 13.1. The maximum absolute atomic E-state index is 13.1. The van der Waals surface area contributed by atoms with Crippen LogP contribution in [0.15, 0.2) is 48.5 Å². The van der Waals surface area contributed by atoms with Crippen LogP contribution in [-0.4, -0.2) is 32.3 Å². The molecule has 1 aliphatic carbocycles. The SMILES string of the molecule is COc1ccc(-c2ccccc2CC2(C(=O)NC3CC3)CCOCC2)cc1. The highest BCUT2D eigenvalue weighted by Crippen LogP contribution is 2.38. The average Bonchev–Trinajstić information content (AvgIpc) is 3.53. The van der Waals surface area contributed by atoms with E-state index in [1.54, 1.807) is 7.11 Å². The number of methoxy groups -OCH3 is 1. The lowest BCUT2D eigenvalue weighted by molar-refractivity contribution is -0.136. The molecule has 2 aliphatic rings. The first kappa shape index (κ1) is 18.1. The predicted molar refractivity (Wildman–Crippen MR) is 106 cm³/mol. The molecule has 1 saturated carbocycles. The van der Waals surface area contributed by atoms with Crippen molar-refractivity contribution in [3.05, 3.63) is 54.1 Å². The summed E-state index contributed by atoms with van der Waals surface area (Å²) in [5.74, 6) is 1.05. The molecule has 2 aromatic carbocycles. The summed E-state index contributed by atoms with van der Waals surface area (Å²) in [7, 11) is 1.68. The molecule has 1 aliphatic heterocycles. The molecule has 4 nitrogen and oxygen atoms in total. The van der Waals surface area contributed by atoms with E-state index in [1.807, 2.05) is 12.1 Å². The van der Waals surface area contributed by atoms with Gasteiger partial charge < -0.3 is 14.8 Å². The van der Waals surface area contributed by atoms with Crippen molar-refractivity contribution in [2.75, 3.05) is 20.3 Å². The number of hydrogen-bond donors (Lipinski definition) is 1. The number of rotatable bonds is 6. The number of nitrogens with one attached hydrogen (secondary N) is 1. The lowest BCUT2D eigenvalue weighted by Gasteiger charge is -2.36. The first-order chi connectivity index (χ1) is 13.2. The number of amides is 1.